The van der Waals surface area contributed by atoms with Gasteiger partial charge in [-0.05, 0) is 63.0 Å². The van der Waals surface area contributed by atoms with E-state index < -0.39 is 10.0 Å². The molecule has 0 radical (unpaired) electrons. The van der Waals surface area contributed by atoms with E-state index in [1.807, 2.05) is 0 Å². The second-order valence-corrected chi connectivity index (χ2v) is 7.67. The lowest BCUT2D eigenvalue weighted by atomic mass is 10.2. The van der Waals surface area contributed by atoms with Gasteiger partial charge in [0, 0.05) is 14.5 Å². The minimum atomic E-state index is -3.72. The van der Waals surface area contributed by atoms with Crippen molar-refractivity contribution in [3.05, 3.63) is 57.0 Å². The maximum Gasteiger partial charge on any atom is 0.261 e. The molecule has 0 aliphatic carbocycles. The normalized spacial score (nSPS) is 11.2. The highest BCUT2D eigenvalue weighted by molar-refractivity contribution is 9.11. The van der Waals surface area contributed by atoms with Crippen molar-refractivity contribution >= 4 is 53.4 Å². The van der Waals surface area contributed by atoms with Crippen LogP contribution in [0.5, 0.6) is 0 Å². The fourth-order valence-corrected chi connectivity index (χ4v) is 4.22. The molecule has 4 nitrogen and oxygen atoms in total. The summed E-state index contributed by atoms with van der Waals surface area (Å²) in [5, 5.41) is 0. The number of carbonyl (C=O) groups is 1. The van der Waals surface area contributed by atoms with Crippen molar-refractivity contribution in [3.8, 4) is 0 Å². The second kappa shape index (κ2) is 6.29. The number of hydrogen-bond donors (Lipinski definition) is 1. The van der Waals surface area contributed by atoms with Gasteiger partial charge >= 0.3 is 0 Å². The van der Waals surface area contributed by atoms with Crippen LogP contribution in [-0.4, -0.2) is 14.2 Å². The molecule has 0 aliphatic heterocycles. The zero-order valence-corrected chi connectivity index (χ0v) is 14.9. The van der Waals surface area contributed by atoms with Crippen LogP contribution in [0.25, 0.3) is 0 Å². The highest BCUT2D eigenvalue weighted by Crippen LogP contribution is 2.32. The average molecular weight is 433 g/mol. The predicted molar refractivity (Wildman–Crippen MR) is 89.1 cm³/mol. The van der Waals surface area contributed by atoms with Gasteiger partial charge in [-0.15, -0.1) is 0 Å². The van der Waals surface area contributed by atoms with E-state index in [0.29, 0.717) is 20.2 Å². The smallest absolute Gasteiger partial charge is 0.261 e. The number of rotatable bonds is 4. The molecule has 0 amide bonds. The molecule has 7 heteroatoms. The molecule has 2 aromatic rings. The lowest BCUT2D eigenvalue weighted by molar-refractivity contribution is 0.101. The first-order valence-electron chi connectivity index (χ1n) is 5.89. The summed E-state index contributed by atoms with van der Waals surface area (Å²) in [6.07, 6.45) is 0. The molecule has 0 aliphatic rings. The third kappa shape index (κ3) is 3.72. The van der Waals surface area contributed by atoms with E-state index in [1.54, 1.807) is 18.2 Å². The van der Waals surface area contributed by atoms with Gasteiger partial charge in [-0.2, -0.15) is 0 Å². The second-order valence-electron chi connectivity index (χ2n) is 4.28. The van der Waals surface area contributed by atoms with Gasteiger partial charge in [-0.25, -0.2) is 8.42 Å². The molecule has 0 fully saturated rings. The van der Waals surface area contributed by atoms with Crippen LogP contribution in [0.2, 0.25) is 0 Å². The summed E-state index contributed by atoms with van der Waals surface area (Å²) in [6.45, 7) is 1.43. The van der Waals surface area contributed by atoms with Crippen molar-refractivity contribution in [2.24, 2.45) is 0 Å². The molecule has 0 heterocycles. The number of hydrogen-bond acceptors (Lipinski definition) is 3. The number of ketones is 1. The standard InChI is InChI=1S/C14H11Br2NO3S/c1-9(18)10-5-7-11(8-6-10)21(19,20)17-14-12(15)3-2-4-13(14)16/h2-8,17H,1H3. The Kier molecular flexibility index (Phi) is 4.85. The molecule has 2 aromatic carbocycles. The van der Waals surface area contributed by atoms with Gasteiger partial charge in [0.1, 0.15) is 0 Å². The van der Waals surface area contributed by atoms with E-state index in [4.69, 9.17) is 0 Å². The number of nitrogens with one attached hydrogen (secondary N) is 1. The topological polar surface area (TPSA) is 63.2 Å². The Balaban J connectivity index is 2.36. The van der Waals surface area contributed by atoms with Gasteiger partial charge < -0.3 is 0 Å². The Labute approximate surface area is 139 Å². The predicted octanol–water partition coefficient (Wildman–Crippen LogP) is 4.22. The number of Topliss-reactive ketones (excluding diaryl/α,β-unsaturated/α-hetero) is 1. The number of halogens is 2. The molecule has 0 atom stereocenters. The zero-order valence-electron chi connectivity index (χ0n) is 10.9. The summed E-state index contributed by atoms with van der Waals surface area (Å²) >= 11 is 6.60. The van der Waals surface area contributed by atoms with E-state index in [9.17, 15) is 13.2 Å². The molecular weight excluding hydrogens is 422 g/mol. The van der Waals surface area contributed by atoms with E-state index >= 15 is 0 Å². The zero-order chi connectivity index (χ0) is 15.6. The first-order valence-corrected chi connectivity index (χ1v) is 8.96. The third-order valence-electron chi connectivity index (χ3n) is 2.77. The summed E-state index contributed by atoms with van der Waals surface area (Å²) in [5.74, 6) is -0.111. The van der Waals surface area contributed by atoms with Crippen molar-refractivity contribution in [3.63, 3.8) is 0 Å². The molecule has 0 saturated heterocycles. The SMILES string of the molecule is CC(=O)c1ccc(S(=O)(=O)Nc2c(Br)cccc2Br)cc1. The van der Waals surface area contributed by atoms with E-state index in [2.05, 4.69) is 36.6 Å². The van der Waals surface area contributed by atoms with Gasteiger partial charge in [0.2, 0.25) is 0 Å². The molecule has 110 valence electrons. The van der Waals surface area contributed by atoms with Crippen molar-refractivity contribution < 1.29 is 13.2 Å². The summed E-state index contributed by atoms with van der Waals surface area (Å²) in [7, 11) is -3.72. The van der Waals surface area contributed by atoms with Crippen LogP contribution in [-0.2, 0) is 10.0 Å². The molecule has 1 N–H and O–H groups in total. The summed E-state index contributed by atoms with van der Waals surface area (Å²) in [4.78, 5) is 11.3. The van der Waals surface area contributed by atoms with Crippen molar-refractivity contribution in [1.29, 1.82) is 0 Å². The van der Waals surface area contributed by atoms with Gasteiger partial charge in [-0.1, -0.05) is 18.2 Å². The lowest BCUT2D eigenvalue weighted by Crippen LogP contribution is -2.14. The monoisotopic (exact) mass is 431 g/mol. The molecule has 0 unspecified atom stereocenters. The number of sulfonamides is 1. The quantitative estimate of drug-likeness (QED) is 0.735. The Morgan fingerprint density at radius 2 is 1.52 bits per heavy atom. The maximum atomic E-state index is 12.3. The number of para-hydroxylation sites is 1. The molecule has 0 aromatic heterocycles. The summed E-state index contributed by atoms with van der Waals surface area (Å²) in [6, 6.07) is 11.1. The Bertz CT molecular complexity index is 766. The Morgan fingerprint density at radius 3 is 2.00 bits per heavy atom. The van der Waals surface area contributed by atoms with Gasteiger partial charge in [0.15, 0.2) is 5.78 Å². The van der Waals surface area contributed by atoms with Crippen molar-refractivity contribution in [2.75, 3.05) is 4.72 Å². The third-order valence-corrected chi connectivity index (χ3v) is 5.46. The first-order chi connectivity index (χ1) is 9.81. The number of carbonyl (C=O) groups excluding carboxylic acids is 1. The first kappa shape index (κ1) is 16.2. The average Bonchev–Trinajstić information content (AvgIpc) is 2.43. The number of benzene rings is 2. The van der Waals surface area contributed by atoms with Gasteiger partial charge in [0.05, 0.1) is 10.6 Å². The van der Waals surface area contributed by atoms with Crippen LogP contribution >= 0.6 is 31.9 Å². The Hall–Kier alpha value is -1.18. The van der Waals surface area contributed by atoms with Crippen LogP contribution in [0.3, 0.4) is 0 Å². The van der Waals surface area contributed by atoms with E-state index in [0.717, 1.165) is 0 Å². The fraction of sp³-hybridized carbons (Fsp3) is 0.0714. The van der Waals surface area contributed by atoms with Gasteiger partial charge in [-0.3, -0.25) is 9.52 Å². The minimum absolute atomic E-state index is 0.0927. The van der Waals surface area contributed by atoms with E-state index in [1.165, 1.54) is 31.2 Å². The Morgan fingerprint density at radius 1 is 1.00 bits per heavy atom. The summed E-state index contributed by atoms with van der Waals surface area (Å²) in [5.41, 5.74) is 0.893. The largest absolute Gasteiger partial charge is 0.295 e. The lowest BCUT2D eigenvalue weighted by Gasteiger charge is -2.11. The number of anilines is 1. The molecular formula is C14H11Br2NO3S. The highest BCUT2D eigenvalue weighted by Gasteiger charge is 2.17. The van der Waals surface area contributed by atoms with Crippen LogP contribution in [0, 0.1) is 0 Å². The fourth-order valence-electron chi connectivity index (χ4n) is 1.66. The summed E-state index contributed by atoms with van der Waals surface area (Å²) < 4.78 is 28.5. The van der Waals surface area contributed by atoms with Crippen LogP contribution < -0.4 is 4.72 Å². The molecule has 0 bridgehead atoms. The van der Waals surface area contributed by atoms with Crippen LogP contribution in [0.15, 0.2) is 56.3 Å². The molecule has 0 spiro atoms. The minimum Gasteiger partial charge on any atom is -0.295 e. The van der Waals surface area contributed by atoms with Gasteiger partial charge in [0.25, 0.3) is 10.0 Å². The molecule has 0 saturated carbocycles. The van der Waals surface area contributed by atoms with Crippen LogP contribution in [0.1, 0.15) is 17.3 Å². The molecule has 21 heavy (non-hydrogen) atoms. The van der Waals surface area contributed by atoms with Crippen molar-refractivity contribution in [2.45, 2.75) is 11.8 Å². The van der Waals surface area contributed by atoms with E-state index in [-0.39, 0.29) is 10.7 Å². The van der Waals surface area contributed by atoms with Crippen LogP contribution in [0.4, 0.5) is 5.69 Å². The van der Waals surface area contributed by atoms with Crippen molar-refractivity contribution in [1.82, 2.24) is 0 Å². The molecule has 2 rings (SSSR count). The highest BCUT2D eigenvalue weighted by atomic mass is 79.9. The maximum absolute atomic E-state index is 12.3.